The first kappa shape index (κ1) is 16.5. The van der Waals surface area contributed by atoms with E-state index in [2.05, 4.69) is 11.6 Å². The van der Waals surface area contributed by atoms with Gasteiger partial charge in [0.25, 0.3) is 0 Å². The molecule has 1 saturated carbocycles. The molecule has 1 aromatic rings. The third kappa shape index (κ3) is 4.80. The molecule has 0 unspecified atom stereocenters. The third-order valence-corrected chi connectivity index (χ3v) is 5.88. The fraction of sp³-hybridized carbons (Fsp3) is 0.625. The van der Waals surface area contributed by atoms with Gasteiger partial charge in [0.05, 0.1) is 4.90 Å². The molecule has 3 N–H and O–H groups in total. The lowest BCUT2D eigenvalue weighted by Gasteiger charge is -2.26. The number of nitrogens with two attached hydrogens (primary N) is 1. The number of hydrogen-bond donors (Lipinski definition) is 2. The van der Waals surface area contributed by atoms with Gasteiger partial charge in [-0.25, -0.2) is 13.1 Å². The Hall–Kier alpha value is -0.910. The first-order valence-corrected chi connectivity index (χ1v) is 9.28. The Morgan fingerprint density at radius 1 is 1.24 bits per heavy atom. The highest BCUT2D eigenvalue weighted by Crippen LogP contribution is 2.30. The maximum Gasteiger partial charge on any atom is 0.240 e. The van der Waals surface area contributed by atoms with Crippen LogP contribution >= 0.6 is 0 Å². The van der Waals surface area contributed by atoms with Crippen LogP contribution in [0, 0.1) is 11.8 Å². The maximum atomic E-state index is 12.2. The Balaban J connectivity index is 1.86. The molecule has 0 aromatic heterocycles. The van der Waals surface area contributed by atoms with Crippen molar-refractivity contribution in [3.8, 4) is 0 Å². The van der Waals surface area contributed by atoms with Gasteiger partial charge in [0.2, 0.25) is 10.0 Å². The summed E-state index contributed by atoms with van der Waals surface area (Å²) in [6.07, 6.45) is 5.94. The van der Waals surface area contributed by atoms with E-state index in [9.17, 15) is 8.42 Å². The fourth-order valence-corrected chi connectivity index (χ4v) is 4.06. The first-order valence-electron chi connectivity index (χ1n) is 7.80. The Morgan fingerprint density at radius 3 is 2.62 bits per heavy atom. The monoisotopic (exact) mass is 310 g/mol. The highest BCUT2D eigenvalue weighted by molar-refractivity contribution is 7.89. The van der Waals surface area contributed by atoms with E-state index < -0.39 is 10.0 Å². The van der Waals surface area contributed by atoms with Crippen molar-refractivity contribution in [2.24, 2.45) is 17.6 Å². The molecule has 1 aliphatic rings. The molecule has 5 heteroatoms. The molecule has 1 fully saturated rings. The zero-order chi connectivity index (χ0) is 15.3. The smallest absolute Gasteiger partial charge is 0.240 e. The maximum absolute atomic E-state index is 12.2. The van der Waals surface area contributed by atoms with Gasteiger partial charge in [-0.05, 0) is 36.0 Å². The number of rotatable bonds is 6. The van der Waals surface area contributed by atoms with Crippen LogP contribution in [0.4, 0.5) is 0 Å². The molecular formula is C16H26N2O2S. The highest BCUT2D eigenvalue weighted by Gasteiger charge is 2.19. The average Bonchev–Trinajstić information content (AvgIpc) is 2.49. The molecule has 1 aromatic carbocycles. The normalized spacial score (nSPS) is 23.1. The van der Waals surface area contributed by atoms with Crippen LogP contribution in [0.3, 0.4) is 0 Å². The van der Waals surface area contributed by atoms with Gasteiger partial charge in [-0.15, -0.1) is 0 Å². The summed E-state index contributed by atoms with van der Waals surface area (Å²) in [6, 6.07) is 6.83. The lowest BCUT2D eigenvalue weighted by molar-refractivity contribution is 0.278. The molecule has 2 rings (SSSR count). The zero-order valence-electron chi connectivity index (χ0n) is 12.7. The van der Waals surface area contributed by atoms with Crippen molar-refractivity contribution in [1.82, 2.24) is 4.72 Å². The minimum atomic E-state index is -3.41. The fourth-order valence-electron chi connectivity index (χ4n) is 2.94. The minimum absolute atomic E-state index is 0.308. The van der Waals surface area contributed by atoms with Crippen LogP contribution in [0.15, 0.2) is 29.2 Å². The predicted octanol–water partition coefficient (Wildman–Crippen LogP) is 2.64. The first-order chi connectivity index (χ1) is 10.0. The minimum Gasteiger partial charge on any atom is -0.326 e. The van der Waals surface area contributed by atoms with Crippen LogP contribution in [-0.4, -0.2) is 15.0 Å². The summed E-state index contributed by atoms with van der Waals surface area (Å²) in [5.41, 5.74) is 6.39. The Labute approximate surface area is 128 Å². The van der Waals surface area contributed by atoms with Crippen molar-refractivity contribution >= 4 is 10.0 Å². The zero-order valence-corrected chi connectivity index (χ0v) is 13.5. The van der Waals surface area contributed by atoms with Gasteiger partial charge in [0.1, 0.15) is 0 Å². The molecule has 1 aliphatic carbocycles. The molecule has 0 radical (unpaired) electrons. The molecule has 0 atom stereocenters. The second kappa shape index (κ2) is 7.38. The molecule has 21 heavy (non-hydrogen) atoms. The van der Waals surface area contributed by atoms with E-state index in [4.69, 9.17) is 5.73 Å². The molecule has 0 bridgehead atoms. The van der Waals surface area contributed by atoms with E-state index in [-0.39, 0.29) is 0 Å². The standard InChI is InChI=1S/C16H26N2O2S/c1-13-5-7-14(8-6-13)9-10-18-21(19,20)16-4-2-3-15(11-16)12-17/h2-4,11,13-14,18H,5-10,12,17H2,1H3. The van der Waals surface area contributed by atoms with Gasteiger partial charge >= 0.3 is 0 Å². The summed E-state index contributed by atoms with van der Waals surface area (Å²) < 4.78 is 27.2. The number of nitrogens with one attached hydrogen (secondary N) is 1. The summed E-state index contributed by atoms with van der Waals surface area (Å²) in [5, 5.41) is 0. The molecule has 4 nitrogen and oxygen atoms in total. The van der Waals surface area contributed by atoms with Crippen LogP contribution in [0.25, 0.3) is 0 Å². The van der Waals surface area contributed by atoms with E-state index in [1.165, 1.54) is 25.7 Å². The lowest BCUT2D eigenvalue weighted by atomic mass is 9.81. The summed E-state index contributed by atoms with van der Waals surface area (Å²) in [6.45, 7) is 3.17. The second-order valence-electron chi connectivity index (χ2n) is 6.16. The number of sulfonamides is 1. The van der Waals surface area contributed by atoms with Crippen molar-refractivity contribution in [2.75, 3.05) is 6.54 Å². The molecule has 0 saturated heterocycles. The van der Waals surface area contributed by atoms with Gasteiger partial charge in [-0.3, -0.25) is 0 Å². The lowest BCUT2D eigenvalue weighted by Crippen LogP contribution is -2.27. The summed E-state index contributed by atoms with van der Waals surface area (Å²) in [5.74, 6) is 1.50. The van der Waals surface area contributed by atoms with Crippen LogP contribution in [0.1, 0.15) is 44.6 Å². The van der Waals surface area contributed by atoms with Gasteiger partial charge in [0.15, 0.2) is 0 Å². The highest BCUT2D eigenvalue weighted by atomic mass is 32.2. The molecule has 0 aliphatic heterocycles. The average molecular weight is 310 g/mol. The van der Waals surface area contributed by atoms with Gasteiger partial charge in [-0.2, -0.15) is 0 Å². The van der Waals surface area contributed by atoms with E-state index in [0.717, 1.165) is 17.9 Å². The van der Waals surface area contributed by atoms with E-state index in [1.807, 2.05) is 6.07 Å². The van der Waals surface area contributed by atoms with Crippen LogP contribution < -0.4 is 10.5 Å². The van der Waals surface area contributed by atoms with Crippen molar-refractivity contribution in [3.63, 3.8) is 0 Å². The van der Waals surface area contributed by atoms with Gasteiger partial charge in [-0.1, -0.05) is 44.7 Å². The molecule has 0 amide bonds. The van der Waals surface area contributed by atoms with Gasteiger partial charge < -0.3 is 5.73 Å². The summed E-state index contributed by atoms with van der Waals surface area (Å²) in [7, 11) is -3.41. The van der Waals surface area contributed by atoms with Crippen LogP contribution in [0.5, 0.6) is 0 Å². The van der Waals surface area contributed by atoms with Crippen LogP contribution in [-0.2, 0) is 16.6 Å². The summed E-state index contributed by atoms with van der Waals surface area (Å²) >= 11 is 0. The van der Waals surface area contributed by atoms with E-state index in [0.29, 0.717) is 23.9 Å². The van der Waals surface area contributed by atoms with Crippen molar-refractivity contribution < 1.29 is 8.42 Å². The Bertz CT molecular complexity index is 549. The van der Waals surface area contributed by atoms with Crippen LogP contribution in [0.2, 0.25) is 0 Å². The molecule has 118 valence electrons. The van der Waals surface area contributed by atoms with Gasteiger partial charge in [0, 0.05) is 13.1 Å². The van der Waals surface area contributed by atoms with Crippen molar-refractivity contribution in [2.45, 2.75) is 50.5 Å². The molecule has 0 spiro atoms. The van der Waals surface area contributed by atoms with Crippen molar-refractivity contribution in [3.05, 3.63) is 29.8 Å². The summed E-state index contributed by atoms with van der Waals surface area (Å²) in [4.78, 5) is 0.308. The number of benzene rings is 1. The SMILES string of the molecule is CC1CCC(CCNS(=O)(=O)c2cccc(CN)c2)CC1. The molecular weight excluding hydrogens is 284 g/mol. The topological polar surface area (TPSA) is 72.2 Å². The van der Waals surface area contributed by atoms with Crippen molar-refractivity contribution in [1.29, 1.82) is 0 Å². The third-order valence-electron chi connectivity index (χ3n) is 4.42. The Morgan fingerprint density at radius 2 is 1.95 bits per heavy atom. The second-order valence-corrected chi connectivity index (χ2v) is 7.93. The van der Waals surface area contributed by atoms with E-state index >= 15 is 0 Å². The quantitative estimate of drug-likeness (QED) is 0.848. The predicted molar refractivity (Wildman–Crippen MR) is 85.3 cm³/mol. The Kier molecular flexibility index (Phi) is 5.79. The largest absolute Gasteiger partial charge is 0.326 e. The van der Waals surface area contributed by atoms with E-state index in [1.54, 1.807) is 18.2 Å². The molecule has 0 heterocycles. The number of hydrogen-bond acceptors (Lipinski definition) is 3.